The molecule has 7 nitrogen and oxygen atoms in total. The molecule has 3 rings (SSSR count). The SMILES string of the molecule is Cc1nc(C2CC2Cc2nc(N)no2)n(C)n1. The first-order valence-electron chi connectivity index (χ1n) is 5.59. The maximum absolute atomic E-state index is 5.41. The monoisotopic (exact) mass is 234 g/mol. The molecule has 90 valence electrons. The van der Waals surface area contributed by atoms with Crippen LogP contribution in [0.4, 0.5) is 5.95 Å². The Balaban J connectivity index is 1.68. The van der Waals surface area contributed by atoms with Gasteiger partial charge >= 0.3 is 0 Å². The summed E-state index contributed by atoms with van der Waals surface area (Å²) < 4.78 is 6.86. The van der Waals surface area contributed by atoms with E-state index < -0.39 is 0 Å². The molecule has 1 aliphatic rings. The lowest BCUT2D eigenvalue weighted by Crippen LogP contribution is -1.99. The number of hydrogen-bond donors (Lipinski definition) is 1. The zero-order valence-electron chi connectivity index (χ0n) is 9.79. The van der Waals surface area contributed by atoms with Crippen LogP contribution in [0.15, 0.2) is 4.52 Å². The highest BCUT2D eigenvalue weighted by Gasteiger charge is 2.42. The molecule has 2 heterocycles. The zero-order valence-corrected chi connectivity index (χ0v) is 9.79. The van der Waals surface area contributed by atoms with E-state index in [4.69, 9.17) is 10.3 Å². The third-order valence-electron chi connectivity index (χ3n) is 3.08. The van der Waals surface area contributed by atoms with Gasteiger partial charge in [-0.2, -0.15) is 10.1 Å². The molecule has 1 fully saturated rings. The summed E-state index contributed by atoms with van der Waals surface area (Å²) in [5.74, 6) is 3.63. The number of nitrogens with zero attached hydrogens (tertiary/aromatic N) is 5. The second-order valence-electron chi connectivity index (χ2n) is 4.49. The quantitative estimate of drug-likeness (QED) is 0.827. The summed E-state index contributed by atoms with van der Waals surface area (Å²) in [5.41, 5.74) is 5.41. The van der Waals surface area contributed by atoms with Crippen LogP contribution < -0.4 is 5.73 Å². The molecular weight excluding hydrogens is 220 g/mol. The van der Waals surface area contributed by atoms with Gasteiger partial charge in [0.15, 0.2) is 0 Å². The summed E-state index contributed by atoms with van der Waals surface area (Å²) in [6, 6.07) is 0. The minimum Gasteiger partial charge on any atom is -0.365 e. The van der Waals surface area contributed by atoms with Crippen molar-refractivity contribution in [2.45, 2.75) is 25.7 Å². The Morgan fingerprint density at radius 1 is 1.47 bits per heavy atom. The summed E-state index contributed by atoms with van der Waals surface area (Å²) in [6.07, 6.45) is 1.86. The first kappa shape index (κ1) is 10.2. The molecule has 1 saturated carbocycles. The number of aromatic nitrogens is 5. The molecule has 7 heteroatoms. The number of nitrogen functional groups attached to an aromatic ring is 1. The fourth-order valence-electron chi connectivity index (χ4n) is 2.22. The Bertz CT molecular complexity index is 545. The maximum atomic E-state index is 5.41. The van der Waals surface area contributed by atoms with Crippen LogP contribution >= 0.6 is 0 Å². The number of anilines is 1. The predicted octanol–water partition coefficient (Wildman–Crippen LogP) is 0.435. The molecule has 1 aliphatic carbocycles. The first-order valence-corrected chi connectivity index (χ1v) is 5.59. The Morgan fingerprint density at radius 3 is 2.88 bits per heavy atom. The molecule has 17 heavy (non-hydrogen) atoms. The molecule has 2 N–H and O–H groups in total. The normalized spacial score (nSPS) is 22.9. The van der Waals surface area contributed by atoms with Crippen LogP contribution in [0.25, 0.3) is 0 Å². The number of nitrogens with two attached hydrogens (primary N) is 1. The maximum Gasteiger partial charge on any atom is 0.260 e. The van der Waals surface area contributed by atoms with Crippen molar-refractivity contribution < 1.29 is 4.52 Å². The third-order valence-corrected chi connectivity index (χ3v) is 3.08. The molecular formula is C10H14N6O. The van der Waals surface area contributed by atoms with Gasteiger partial charge in [-0.15, -0.1) is 0 Å². The minimum absolute atomic E-state index is 0.201. The van der Waals surface area contributed by atoms with Gasteiger partial charge in [0.05, 0.1) is 0 Å². The van der Waals surface area contributed by atoms with E-state index in [1.54, 1.807) is 0 Å². The fraction of sp³-hybridized carbons (Fsp3) is 0.600. The lowest BCUT2D eigenvalue weighted by atomic mass is 10.2. The van der Waals surface area contributed by atoms with Crippen LogP contribution in [0.1, 0.15) is 29.9 Å². The topological polar surface area (TPSA) is 95.6 Å². The number of aryl methyl sites for hydroxylation is 2. The molecule has 2 aromatic heterocycles. The average molecular weight is 234 g/mol. The second kappa shape index (κ2) is 3.54. The molecule has 2 unspecified atom stereocenters. The molecule has 0 amide bonds. The Morgan fingerprint density at radius 2 is 2.29 bits per heavy atom. The van der Waals surface area contributed by atoms with E-state index >= 15 is 0 Å². The molecule has 0 aromatic carbocycles. The lowest BCUT2D eigenvalue weighted by molar-refractivity contribution is 0.372. The van der Waals surface area contributed by atoms with Crippen molar-refractivity contribution in [3.8, 4) is 0 Å². The van der Waals surface area contributed by atoms with Crippen molar-refractivity contribution in [3.63, 3.8) is 0 Å². The summed E-state index contributed by atoms with van der Waals surface area (Å²) >= 11 is 0. The fourth-order valence-corrected chi connectivity index (χ4v) is 2.22. The van der Waals surface area contributed by atoms with Gasteiger partial charge in [-0.1, -0.05) is 0 Å². The van der Waals surface area contributed by atoms with Crippen molar-refractivity contribution in [1.82, 2.24) is 24.9 Å². The minimum atomic E-state index is 0.201. The summed E-state index contributed by atoms with van der Waals surface area (Å²) in [7, 11) is 1.93. The van der Waals surface area contributed by atoms with E-state index in [1.807, 2.05) is 18.7 Å². The number of rotatable bonds is 3. The van der Waals surface area contributed by atoms with Crippen molar-refractivity contribution in [2.24, 2.45) is 13.0 Å². The van der Waals surface area contributed by atoms with Gasteiger partial charge < -0.3 is 10.3 Å². The van der Waals surface area contributed by atoms with Crippen LogP contribution in [0.5, 0.6) is 0 Å². The van der Waals surface area contributed by atoms with Crippen LogP contribution in [0.2, 0.25) is 0 Å². The van der Waals surface area contributed by atoms with Crippen LogP contribution in [-0.4, -0.2) is 24.9 Å². The molecule has 0 bridgehead atoms. The Labute approximate surface area is 98.0 Å². The van der Waals surface area contributed by atoms with Crippen LogP contribution in [0.3, 0.4) is 0 Å². The highest BCUT2D eigenvalue weighted by atomic mass is 16.5. The van der Waals surface area contributed by atoms with E-state index in [9.17, 15) is 0 Å². The summed E-state index contributed by atoms with van der Waals surface area (Å²) in [4.78, 5) is 8.43. The standard InChI is InChI=1S/C10H14N6O/c1-5-12-9(16(2)14-5)7-3-6(7)4-8-13-10(11)15-17-8/h6-7H,3-4H2,1-2H3,(H2,11,15). The van der Waals surface area contributed by atoms with Crippen molar-refractivity contribution in [1.29, 1.82) is 0 Å². The second-order valence-corrected chi connectivity index (χ2v) is 4.49. The highest BCUT2D eigenvalue weighted by Crippen LogP contribution is 2.48. The summed E-state index contributed by atoms with van der Waals surface area (Å²) in [5, 5.41) is 7.83. The first-order chi connectivity index (χ1) is 8.13. The summed E-state index contributed by atoms with van der Waals surface area (Å²) in [6.45, 7) is 1.90. The highest BCUT2D eigenvalue weighted by molar-refractivity contribution is 5.15. The lowest BCUT2D eigenvalue weighted by Gasteiger charge is -1.96. The average Bonchev–Trinajstić information content (AvgIpc) is 2.75. The van der Waals surface area contributed by atoms with E-state index in [-0.39, 0.29) is 5.95 Å². The van der Waals surface area contributed by atoms with Crippen molar-refractivity contribution in [3.05, 3.63) is 17.5 Å². The van der Waals surface area contributed by atoms with Crippen LogP contribution in [0, 0.1) is 12.8 Å². The van der Waals surface area contributed by atoms with Gasteiger partial charge in [-0.25, -0.2) is 4.98 Å². The van der Waals surface area contributed by atoms with Gasteiger partial charge in [0.1, 0.15) is 11.6 Å². The molecule has 0 aliphatic heterocycles. The van der Waals surface area contributed by atoms with E-state index in [0.717, 1.165) is 24.5 Å². The molecule has 2 aromatic rings. The predicted molar refractivity (Wildman–Crippen MR) is 59.0 cm³/mol. The Kier molecular flexibility index (Phi) is 2.13. The van der Waals surface area contributed by atoms with E-state index in [2.05, 4.69) is 20.2 Å². The van der Waals surface area contributed by atoms with Gasteiger partial charge in [-0.05, 0) is 24.4 Å². The molecule has 0 saturated heterocycles. The Hall–Kier alpha value is -1.92. The van der Waals surface area contributed by atoms with Gasteiger partial charge in [0.25, 0.3) is 5.95 Å². The van der Waals surface area contributed by atoms with Gasteiger partial charge in [0, 0.05) is 19.4 Å². The van der Waals surface area contributed by atoms with E-state index in [1.165, 1.54) is 0 Å². The largest absolute Gasteiger partial charge is 0.365 e. The number of hydrogen-bond acceptors (Lipinski definition) is 6. The molecule has 0 spiro atoms. The third kappa shape index (κ3) is 1.88. The molecule has 2 atom stereocenters. The van der Waals surface area contributed by atoms with Gasteiger partial charge in [0.2, 0.25) is 5.89 Å². The van der Waals surface area contributed by atoms with Crippen molar-refractivity contribution >= 4 is 5.95 Å². The van der Waals surface area contributed by atoms with Crippen molar-refractivity contribution in [2.75, 3.05) is 5.73 Å². The smallest absolute Gasteiger partial charge is 0.260 e. The van der Waals surface area contributed by atoms with Crippen LogP contribution in [-0.2, 0) is 13.5 Å². The van der Waals surface area contributed by atoms with Gasteiger partial charge in [-0.3, -0.25) is 4.68 Å². The zero-order chi connectivity index (χ0) is 12.0. The van der Waals surface area contributed by atoms with E-state index in [0.29, 0.717) is 17.7 Å². The molecule has 0 radical (unpaired) electrons.